The SMILES string of the molecule is COC(=O)c1c(N)cccc1CN(C)Cc1cccnc1. The number of rotatable bonds is 5. The molecule has 0 spiro atoms. The standard InChI is InChI=1S/C16H19N3O2/c1-19(10-12-5-4-8-18-9-12)11-13-6-3-7-14(17)15(13)16(20)21-2/h3-9H,10-11,17H2,1-2H3. The number of aromatic nitrogens is 1. The lowest BCUT2D eigenvalue weighted by Gasteiger charge is -2.19. The van der Waals surface area contributed by atoms with Crippen molar-refractivity contribution in [3.05, 3.63) is 59.4 Å². The number of nitrogen functional groups attached to an aromatic ring is 1. The Morgan fingerprint density at radius 2 is 2.10 bits per heavy atom. The maximum atomic E-state index is 11.9. The number of carbonyl (C=O) groups is 1. The molecule has 1 aromatic heterocycles. The molecule has 0 aliphatic rings. The molecule has 0 aliphatic heterocycles. The van der Waals surface area contributed by atoms with Crippen LogP contribution >= 0.6 is 0 Å². The van der Waals surface area contributed by atoms with Crippen LogP contribution in [-0.4, -0.2) is 30.0 Å². The first kappa shape index (κ1) is 15.0. The summed E-state index contributed by atoms with van der Waals surface area (Å²) < 4.78 is 4.81. The van der Waals surface area contributed by atoms with Crippen LogP contribution in [0, 0.1) is 0 Å². The van der Waals surface area contributed by atoms with Gasteiger partial charge < -0.3 is 10.5 Å². The second kappa shape index (κ2) is 6.85. The lowest BCUT2D eigenvalue weighted by Crippen LogP contribution is -2.20. The molecule has 2 aromatic rings. The Bertz CT molecular complexity index is 614. The first-order valence-electron chi connectivity index (χ1n) is 6.65. The van der Waals surface area contributed by atoms with E-state index in [0.29, 0.717) is 17.8 Å². The van der Waals surface area contributed by atoms with Gasteiger partial charge in [0, 0.05) is 31.2 Å². The van der Waals surface area contributed by atoms with Crippen molar-refractivity contribution in [2.75, 3.05) is 19.9 Å². The van der Waals surface area contributed by atoms with Gasteiger partial charge in [-0.2, -0.15) is 0 Å². The number of hydrogen-bond donors (Lipinski definition) is 1. The summed E-state index contributed by atoms with van der Waals surface area (Å²) in [4.78, 5) is 18.1. The second-order valence-corrected chi connectivity index (χ2v) is 4.91. The zero-order chi connectivity index (χ0) is 15.2. The van der Waals surface area contributed by atoms with E-state index in [9.17, 15) is 4.79 Å². The molecule has 0 fully saturated rings. The molecule has 5 heteroatoms. The van der Waals surface area contributed by atoms with Crippen LogP contribution < -0.4 is 5.73 Å². The molecule has 21 heavy (non-hydrogen) atoms. The quantitative estimate of drug-likeness (QED) is 0.673. The van der Waals surface area contributed by atoms with Gasteiger partial charge >= 0.3 is 5.97 Å². The Kier molecular flexibility index (Phi) is 4.90. The Morgan fingerprint density at radius 3 is 2.76 bits per heavy atom. The third kappa shape index (κ3) is 3.79. The first-order valence-corrected chi connectivity index (χ1v) is 6.65. The number of carbonyl (C=O) groups excluding carboxylic acids is 1. The van der Waals surface area contributed by atoms with Crippen molar-refractivity contribution in [2.45, 2.75) is 13.1 Å². The molecule has 0 saturated heterocycles. The van der Waals surface area contributed by atoms with E-state index in [1.807, 2.05) is 37.5 Å². The predicted octanol–water partition coefficient (Wildman–Crippen LogP) is 2.08. The van der Waals surface area contributed by atoms with Crippen molar-refractivity contribution in [3.8, 4) is 0 Å². The molecule has 0 unspecified atom stereocenters. The molecule has 2 rings (SSSR count). The summed E-state index contributed by atoms with van der Waals surface area (Å²) in [5.74, 6) is -0.405. The van der Waals surface area contributed by atoms with Crippen molar-refractivity contribution < 1.29 is 9.53 Å². The van der Waals surface area contributed by atoms with E-state index >= 15 is 0 Å². The first-order chi connectivity index (χ1) is 10.1. The molecule has 2 N–H and O–H groups in total. The average molecular weight is 285 g/mol. The monoisotopic (exact) mass is 285 g/mol. The Labute approximate surface area is 124 Å². The van der Waals surface area contributed by atoms with Crippen molar-refractivity contribution in [1.29, 1.82) is 0 Å². The van der Waals surface area contributed by atoms with Crippen LogP contribution in [0.1, 0.15) is 21.5 Å². The smallest absolute Gasteiger partial charge is 0.340 e. The fourth-order valence-corrected chi connectivity index (χ4v) is 2.25. The number of ether oxygens (including phenoxy) is 1. The fourth-order valence-electron chi connectivity index (χ4n) is 2.25. The summed E-state index contributed by atoms with van der Waals surface area (Å²) in [7, 11) is 3.34. The lowest BCUT2D eigenvalue weighted by atomic mass is 10.0. The number of nitrogens with zero attached hydrogens (tertiary/aromatic N) is 2. The highest BCUT2D eigenvalue weighted by molar-refractivity contribution is 5.96. The summed E-state index contributed by atoms with van der Waals surface area (Å²) in [6.45, 7) is 1.34. The largest absolute Gasteiger partial charge is 0.465 e. The minimum absolute atomic E-state index is 0.405. The zero-order valence-corrected chi connectivity index (χ0v) is 12.2. The van der Waals surface area contributed by atoms with Gasteiger partial charge in [-0.25, -0.2) is 4.79 Å². The van der Waals surface area contributed by atoms with Crippen LogP contribution in [0.2, 0.25) is 0 Å². The number of anilines is 1. The normalized spacial score (nSPS) is 10.6. The van der Waals surface area contributed by atoms with E-state index in [2.05, 4.69) is 9.88 Å². The number of pyridine rings is 1. The van der Waals surface area contributed by atoms with Crippen LogP contribution in [0.5, 0.6) is 0 Å². The third-order valence-corrected chi connectivity index (χ3v) is 3.19. The highest BCUT2D eigenvalue weighted by atomic mass is 16.5. The number of methoxy groups -OCH3 is 1. The summed E-state index contributed by atoms with van der Waals surface area (Å²) >= 11 is 0. The van der Waals surface area contributed by atoms with E-state index in [1.165, 1.54) is 7.11 Å². The van der Waals surface area contributed by atoms with Crippen molar-refractivity contribution >= 4 is 11.7 Å². The summed E-state index contributed by atoms with van der Waals surface area (Å²) in [6.07, 6.45) is 3.58. The highest BCUT2D eigenvalue weighted by Crippen LogP contribution is 2.20. The maximum Gasteiger partial charge on any atom is 0.340 e. The lowest BCUT2D eigenvalue weighted by molar-refractivity contribution is 0.0599. The topological polar surface area (TPSA) is 68.5 Å². The number of esters is 1. The molecular formula is C16H19N3O2. The minimum Gasteiger partial charge on any atom is -0.465 e. The van der Waals surface area contributed by atoms with Gasteiger partial charge in [-0.1, -0.05) is 18.2 Å². The molecule has 0 saturated carbocycles. The van der Waals surface area contributed by atoms with E-state index in [1.54, 1.807) is 12.3 Å². The van der Waals surface area contributed by atoms with Gasteiger partial charge in [0.15, 0.2) is 0 Å². The van der Waals surface area contributed by atoms with Gasteiger partial charge in [0.25, 0.3) is 0 Å². The van der Waals surface area contributed by atoms with E-state index < -0.39 is 5.97 Å². The third-order valence-electron chi connectivity index (χ3n) is 3.19. The molecule has 0 atom stereocenters. The van der Waals surface area contributed by atoms with Gasteiger partial charge in [0.1, 0.15) is 0 Å². The molecule has 0 bridgehead atoms. The van der Waals surface area contributed by atoms with Crippen LogP contribution in [0.3, 0.4) is 0 Å². The molecule has 0 amide bonds. The van der Waals surface area contributed by atoms with Gasteiger partial charge in [-0.05, 0) is 30.3 Å². The fraction of sp³-hybridized carbons (Fsp3) is 0.250. The molecule has 5 nitrogen and oxygen atoms in total. The maximum absolute atomic E-state index is 11.9. The van der Waals surface area contributed by atoms with Gasteiger partial charge in [-0.15, -0.1) is 0 Å². The summed E-state index contributed by atoms with van der Waals surface area (Å²) in [5.41, 5.74) is 8.75. The highest BCUT2D eigenvalue weighted by Gasteiger charge is 2.16. The van der Waals surface area contributed by atoms with Gasteiger partial charge in [0.2, 0.25) is 0 Å². The Balaban J connectivity index is 2.16. The van der Waals surface area contributed by atoms with Crippen molar-refractivity contribution in [3.63, 3.8) is 0 Å². The van der Waals surface area contributed by atoms with Crippen LogP contribution in [0.15, 0.2) is 42.7 Å². The molecular weight excluding hydrogens is 266 g/mol. The van der Waals surface area contributed by atoms with Crippen molar-refractivity contribution in [1.82, 2.24) is 9.88 Å². The molecule has 0 radical (unpaired) electrons. The molecule has 0 aliphatic carbocycles. The van der Waals surface area contributed by atoms with Crippen LogP contribution in [0.4, 0.5) is 5.69 Å². The molecule has 110 valence electrons. The van der Waals surface area contributed by atoms with E-state index in [-0.39, 0.29) is 0 Å². The summed E-state index contributed by atoms with van der Waals surface area (Å²) in [5, 5.41) is 0. The Hall–Kier alpha value is -2.40. The second-order valence-electron chi connectivity index (χ2n) is 4.91. The number of hydrogen-bond acceptors (Lipinski definition) is 5. The van der Waals surface area contributed by atoms with E-state index in [0.717, 1.165) is 17.7 Å². The van der Waals surface area contributed by atoms with Crippen LogP contribution in [0.25, 0.3) is 0 Å². The zero-order valence-electron chi connectivity index (χ0n) is 12.2. The summed E-state index contributed by atoms with van der Waals surface area (Å²) in [6, 6.07) is 9.36. The minimum atomic E-state index is -0.405. The van der Waals surface area contributed by atoms with Gasteiger partial charge in [-0.3, -0.25) is 9.88 Å². The molecule has 1 aromatic carbocycles. The van der Waals surface area contributed by atoms with Crippen molar-refractivity contribution in [2.24, 2.45) is 0 Å². The Morgan fingerprint density at radius 1 is 1.29 bits per heavy atom. The van der Waals surface area contributed by atoms with E-state index in [4.69, 9.17) is 10.5 Å². The molecule has 1 heterocycles. The average Bonchev–Trinajstić information content (AvgIpc) is 2.47. The number of benzene rings is 1. The number of nitrogens with two attached hydrogens (primary N) is 1. The predicted molar refractivity (Wildman–Crippen MR) is 81.6 cm³/mol. The van der Waals surface area contributed by atoms with Gasteiger partial charge in [0.05, 0.1) is 12.7 Å². The van der Waals surface area contributed by atoms with Crippen LogP contribution in [-0.2, 0) is 17.8 Å².